The van der Waals surface area contributed by atoms with E-state index in [1.54, 1.807) is 12.1 Å². The predicted octanol–water partition coefficient (Wildman–Crippen LogP) is 1.68. The third-order valence-electron chi connectivity index (χ3n) is 2.55. The number of nitrogens with one attached hydrogen (secondary N) is 1. The van der Waals surface area contributed by atoms with Gasteiger partial charge in [0.2, 0.25) is 0 Å². The molecule has 0 aromatic heterocycles. The smallest absolute Gasteiger partial charge is 0.123 e. The molecule has 2 nitrogen and oxygen atoms in total. The van der Waals surface area contributed by atoms with E-state index in [0.717, 1.165) is 24.2 Å². The number of benzene rings is 1. The lowest BCUT2D eigenvalue weighted by Crippen LogP contribution is -2.22. The minimum absolute atomic E-state index is 0.180. The monoisotopic (exact) mass is 180 g/mol. The van der Waals surface area contributed by atoms with Crippen LogP contribution in [0.4, 0.5) is 10.1 Å². The zero-order chi connectivity index (χ0) is 9.26. The van der Waals surface area contributed by atoms with Gasteiger partial charge in [0.1, 0.15) is 5.82 Å². The van der Waals surface area contributed by atoms with Crippen molar-refractivity contribution in [2.75, 3.05) is 18.4 Å². The Morgan fingerprint density at radius 1 is 1.54 bits per heavy atom. The molecule has 0 saturated heterocycles. The number of rotatable bonds is 1. The Kier molecular flexibility index (Phi) is 2.19. The molecule has 70 valence electrons. The number of anilines is 1. The molecule has 3 N–H and O–H groups in total. The Morgan fingerprint density at radius 3 is 3.15 bits per heavy atom. The molecular formula is C10H13FN2. The summed E-state index contributed by atoms with van der Waals surface area (Å²) in [6.45, 7) is 1.53. The van der Waals surface area contributed by atoms with Gasteiger partial charge in [0.15, 0.2) is 0 Å². The maximum atomic E-state index is 12.9. The molecule has 1 unspecified atom stereocenters. The second kappa shape index (κ2) is 3.34. The first-order valence-electron chi connectivity index (χ1n) is 4.54. The lowest BCUT2D eigenvalue weighted by atomic mass is 9.91. The third-order valence-corrected chi connectivity index (χ3v) is 2.55. The Morgan fingerprint density at radius 2 is 2.38 bits per heavy atom. The van der Waals surface area contributed by atoms with Crippen molar-refractivity contribution in [1.82, 2.24) is 0 Å². The summed E-state index contributed by atoms with van der Waals surface area (Å²) >= 11 is 0. The number of hydrogen-bond donors (Lipinski definition) is 2. The van der Waals surface area contributed by atoms with Crippen LogP contribution in [0, 0.1) is 5.82 Å². The van der Waals surface area contributed by atoms with E-state index in [0.29, 0.717) is 12.5 Å². The summed E-state index contributed by atoms with van der Waals surface area (Å²) in [5.74, 6) is 0.132. The van der Waals surface area contributed by atoms with E-state index in [2.05, 4.69) is 5.32 Å². The van der Waals surface area contributed by atoms with Crippen molar-refractivity contribution < 1.29 is 4.39 Å². The molecule has 1 heterocycles. The SMILES string of the molecule is NCC1CCNc2ccc(F)cc21. The molecule has 0 spiro atoms. The van der Waals surface area contributed by atoms with Crippen molar-refractivity contribution in [2.24, 2.45) is 5.73 Å². The average Bonchev–Trinajstić information content (AvgIpc) is 2.17. The molecule has 0 bridgehead atoms. The van der Waals surface area contributed by atoms with E-state index >= 15 is 0 Å². The van der Waals surface area contributed by atoms with Crippen LogP contribution in [0.1, 0.15) is 17.9 Å². The van der Waals surface area contributed by atoms with Crippen LogP contribution in [0.15, 0.2) is 18.2 Å². The first-order valence-corrected chi connectivity index (χ1v) is 4.54. The van der Waals surface area contributed by atoms with Crippen LogP contribution in [0.2, 0.25) is 0 Å². The standard InChI is InChI=1S/C10H13FN2/c11-8-1-2-10-9(5-8)7(6-12)3-4-13-10/h1-2,5,7,13H,3-4,6,12H2. The Labute approximate surface area is 76.9 Å². The van der Waals surface area contributed by atoms with Crippen LogP contribution in [-0.4, -0.2) is 13.1 Å². The fourth-order valence-corrected chi connectivity index (χ4v) is 1.81. The maximum absolute atomic E-state index is 12.9. The average molecular weight is 180 g/mol. The van der Waals surface area contributed by atoms with Crippen LogP contribution in [0.5, 0.6) is 0 Å². The fraction of sp³-hybridized carbons (Fsp3) is 0.400. The molecule has 13 heavy (non-hydrogen) atoms. The highest BCUT2D eigenvalue weighted by molar-refractivity contribution is 5.55. The Balaban J connectivity index is 2.41. The van der Waals surface area contributed by atoms with Gasteiger partial charge in [-0.2, -0.15) is 0 Å². The van der Waals surface area contributed by atoms with Gasteiger partial charge in [-0.1, -0.05) is 0 Å². The largest absolute Gasteiger partial charge is 0.385 e. The number of halogens is 1. The predicted molar refractivity (Wildman–Crippen MR) is 51.3 cm³/mol. The molecule has 2 rings (SSSR count). The molecule has 0 aliphatic carbocycles. The summed E-state index contributed by atoms with van der Waals surface area (Å²) in [6.07, 6.45) is 0.993. The zero-order valence-corrected chi connectivity index (χ0v) is 7.39. The molecule has 0 fully saturated rings. The quantitative estimate of drug-likeness (QED) is 0.690. The van der Waals surface area contributed by atoms with Gasteiger partial charge in [-0.3, -0.25) is 0 Å². The summed E-state index contributed by atoms with van der Waals surface area (Å²) < 4.78 is 12.9. The normalized spacial score (nSPS) is 20.6. The molecule has 1 atom stereocenters. The van der Waals surface area contributed by atoms with E-state index in [1.165, 1.54) is 6.07 Å². The van der Waals surface area contributed by atoms with E-state index in [1.807, 2.05) is 0 Å². The van der Waals surface area contributed by atoms with Crippen molar-refractivity contribution in [3.8, 4) is 0 Å². The Hall–Kier alpha value is -1.09. The second-order valence-electron chi connectivity index (χ2n) is 3.38. The summed E-state index contributed by atoms with van der Waals surface area (Å²) in [5.41, 5.74) is 7.67. The van der Waals surface area contributed by atoms with Crippen LogP contribution < -0.4 is 11.1 Å². The van der Waals surface area contributed by atoms with Gasteiger partial charge in [-0.15, -0.1) is 0 Å². The highest BCUT2D eigenvalue weighted by Gasteiger charge is 2.18. The van der Waals surface area contributed by atoms with E-state index in [9.17, 15) is 4.39 Å². The molecule has 1 aromatic carbocycles. The summed E-state index contributed by atoms with van der Waals surface area (Å²) in [6, 6.07) is 4.84. The van der Waals surface area contributed by atoms with Gasteiger partial charge in [0.25, 0.3) is 0 Å². The first kappa shape index (κ1) is 8.51. The van der Waals surface area contributed by atoms with Gasteiger partial charge in [-0.05, 0) is 42.6 Å². The topological polar surface area (TPSA) is 38.0 Å². The molecular weight excluding hydrogens is 167 g/mol. The van der Waals surface area contributed by atoms with Crippen molar-refractivity contribution in [2.45, 2.75) is 12.3 Å². The summed E-state index contributed by atoms with van der Waals surface area (Å²) in [4.78, 5) is 0. The fourth-order valence-electron chi connectivity index (χ4n) is 1.81. The summed E-state index contributed by atoms with van der Waals surface area (Å²) in [7, 11) is 0. The van der Waals surface area contributed by atoms with Gasteiger partial charge in [0.05, 0.1) is 0 Å². The minimum atomic E-state index is -0.180. The van der Waals surface area contributed by atoms with Crippen molar-refractivity contribution >= 4 is 5.69 Å². The highest BCUT2D eigenvalue weighted by atomic mass is 19.1. The molecule has 1 aliphatic rings. The maximum Gasteiger partial charge on any atom is 0.123 e. The lowest BCUT2D eigenvalue weighted by Gasteiger charge is -2.25. The molecule has 0 amide bonds. The third kappa shape index (κ3) is 1.52. The lowest BCUT2D eigenvalue weighted by molar-refractivity contribution is 0.602. The van der Waals surface area contributed by atoms with Crippen LogP contribution >= 0.6 is 0 Å². The number of nitrogens with two attached hydrogens (primary N) is 1. The van der Waals surface area contributed by atoms with Crippen LogP contribution in [0.3, 0.4) is 0 Å². The van der Waals surface area contributed by atoms with Crippen LogP contribution in [-0.2, 0) is 0 Å². The Bertz CT molecular complexity index is 312. The van der Waals surface area contributed by atoms with Gasteiger partial charge >= 0.3 is 0 Å². The van der Waals surface area contributed by atoms with E-state index in [4.69, 9.17) is 5.73 Å². The molecule has 0 radical (unpaired) electrons. The van der Waals surface area contributed by atoms with Gasteiger partial charge < -0.3 is 11.1 Å². The van der Waals surface area contributed by atoms with Gasteiger partial charge in [-0.25, -0.2) is 4.39 Å². The highest BCUT2D eigenvalue weighted by Crippen LogP contribution is 2.30. The van der Waals surface area contributed by atoms with E-state index in [-0.39, 0.29) is 5.82 Å². The van der Waals surface area contributed by atoms with Crippen molar-refractivity contribution in [3.63, 3.8) is 0 Å². The zero-order valence-electron chi connectivity index (χ0n) is 7.39. The second-order valence-corrected chi connectivity index (χ2v) is 3.38. The molecule has 1 aliphatic heterocycles. The van der Waals surface area contributed by atoms with Crippen LogP contribution in [0.25, 0.3) is 0 Å². The molecule has 3 heteroatoms. The number of fused-ring (bicyclic) bond motifs is 1. The number of hydrogen-bond acceptors (Lipinski definition) is 2. The summed E-state index contributed by atoms with van der Waals surface area (Å²) in [5, 5.41) is 3.23. The van der Waals surface area contributed by atoms with Crippen molar-refractivity contribution in [3.05, 3.63) is 29.6 Å². The molecule has 1 aromatic rings. The molecule has 0 saturated carbocycles. The van der Waals surface area contributed by atoms with Crippen molar-refractivity contribution in [1.29, 1.82) is 0 Å². The van der Waals surface area contributed by atoms with E-state index < -0.39 is 0 Å². The van der Waals surface area contributed by atoms with Gasteiger partial charge in [0, 0.05) is 12.2 Å². The minimum Gasteiger partial charge on any atom is -0.385 e. The first-order chi connectivity index (χ1) is 6.31.